The van der Waals surface area contributed by atoms with Crippen molar-refractivity contribution in [1.29, 1.82) is 0 Å². The zero-order valence-electron chi connectivity index (χ0n) is 14.0. The quantitative estimate of drug-likeness (QED) is 0.881. The van der Waals surface area contributed by atoms with Crippen LogP contribution in [-0.2, 0) is 11.8 Å². The van der Waals surface area contributed by atoms with E-state index in [1.165, 1.54) is 6.07 Å². The van der Waals surface area contributed by atoms with Gasteiger partial charge in [0.25, 0.3) is 0 Å². The van der Waals surface area contributed by atoms with Crippen LogP contribution in [0, 0.1) is 17.8 Å². The third-order valence-corrected chi connectivity index (χ3v) is 5.67. The summed E-state index contributed by atoms with van der Waals surface area (Å²) >= 11 is 0. The third-order valence-electron chi connectivity index (χ3n) is 5.67. The molecule has 2 aliphatic carbocycles. The van der Waals surface area contributed by atoms with Crippen molar-refractivity contribution in [2.45, 2.75) is 37.5 Å². The molecule has 24 heavy (non-hydrogen) atoms. The number of phenols is 1. The Hall–Kier alpha value is -1.27. The largest absolute Gasteiger partial charge is 0.508 e. The van der Waals surface area contributed by atoms with E-state index in [1.54, 1.807) is 0 Å². The third kappa shape index (κ3) is 3.14. The number of alkyl halides is 3. The summed E-state index contributed by atoms with van der Waals surface area (Å²) in [5.41, 5.74) is -2.04. The number of aromatic hydroxyl groups is 1. The van der Waals surface area contributed by atoms with E-state index < -0.39 is 23.1 Å². The first-order valence-electron chi connectivity index (χ1n) is 8.38. The van der Waals surface area contributed by atoms with Crippen molar-refractivity contribution in [3.8, 4) is 5.75 Å². The van der Waals surface area contributed by atoms with Gasteiger partial charge in [-0.25, -0.2) is 0 Å². The number of hydrogen-bond acceptors (Lipinski definition) is 3. The van der Waals surface area contributed by atoms with Crippen LogP contribution in [0.2, 0.25) is 0 Å². The van der Waals surface area contributed by atoms with Crippen molar-refractivity contribution >= 4 is 0 Å². The first-order chi connectivity index (χ1) is 11.1. The van der Waals surface area contributed by atoms with Crippen LogP contribution in [-0.4, -0.2) is 35.8 Å². The smallest absolute Gasteiger partial charge is 0.416 e. The van der Waals surface area contributed by atoms with E-state index >= 15 is 0 Å². The molecular formula is C18H24F3NO2. The second-order valence-corrected chi connectivity index (χ2v) is 7.70. The molecule has 2 N–H and O–H groups in total. The summed E-state index contributed by atoms with van der Waals surface area (Å²) in [7, 11) is 3.82. The topological polar surface area (TPSA) is 43.7 Å². The summed E-state index contributed by atoms with van der Waals surface area (Å²) < 4.78 is 39.3. The SMILES string of the molecule is CN(C)CC1C2CCC(C2)CC1(O)c1cc(O)cc(C(F)(F)F)c1. The molecule has 1 aromatic rings. The lowest BCUT2D eigenvalue weighted by atomic mass is 9.65. The summed E-state index contributed by atoms with van der Waals surface area (Å²) in [6, 6.07) is 3.01. The van der Waals surface area contributed by atoms with Gasteiger partial charge in [-0.05, 0) is 69.0 Å². The number of phenolic OH excluding ortho intramolecular Hbond substituents is 1. The summed E-state index contributed by atoms with van der Waals surface area (Å²) in [6.07, 6.45) is -1.03. The van der Waals surface area contributed by atoms with E-state index in [0.717, 1.165) is 25.3 Å². The molecule has 2 bridgehead atoms. The van der Waals surface area contributed by atoms with Crippen molar-refractivity contribution < 1.29 is 23.4 Å². The van der Waals surface area contributed by atoms with Gasteiger partial charge in [0.15, 0.2) is 0 Å². The van der Waals surface area contributed by atoms with Gasteiger partial charge in [-0.1, -0.05) is 6.42 Å². The normalized spacial score (nSPS) is 33.2. The van der Waals surface area contributed by atoms with E-state index in [2.05, 4.69) is 0 Å². The lowest BCUT2D eigenvalue weighted by Crippen LogP contribution is -2.47. The molecule has 2 aliphatic rings. The molecule has 2 fully saturated rings. The van der Waals surface area contributed by atoms with Crippen molar-refractivity contribution in [2.24, 2.45) is 17.8 Å². The fourth-order valence-electron chi connectivity index (χ4n) is 4.70. The number of benzene rings is 1. The summed E-state index contributed by atoms with van der Waals surface area (Å²) in [5, 5.41) is 21.2. The van der Waals surface area contributed by atoms with E-state index in [1.807, 2.05) is 19.0 Å². The Kier molecular flexibility index (Phi) is 4.33. The highest BCUT2D eigenvalue weighted by Crippen LogP contribution is 2.55. The highest BCUT2D eigenvalue weighted by atomic mass is 19.4. The summed E-state index contributed by atoms with van der Waals surface area (Å²) in [6.45, 7) is 0.616. The van der Waals surface area contributed by atoms with Crippen LogP contribution in [0.3, 0.4) is 0 Å². The zero-order chi connectivity index (χ0) is 17.7. The second kappa shape index (κ2) is 5.92. The Morgan fingerprint density at radius 3 is 2.54 bits per heavy atom. The zero-order valence-corrected chi connectivity index (χ0v) is 14.0. The predicted molar refractivity (Wildman–Crippen MR) is 84.5 cm³/mol. The van der Waals surface area contributed by atoms with Crippen molar-refractivity contribution in [3.05, 3.63) is 29.3 Å². The van der Waals surface area contributed by atoms with E-state index in [4.69, 9.17) is 0 Å². The molecule has 0 amide bonds. The van der Waals surface area contributed by atoms with E-state index in [-0.39, 0.29) is 11.5 Å². The van der Waals surface area contributed by atoms with Gasteiger partial charge in [0.1, 0.15) is 5.75 Å². The average Bonchev–Trinajstić information content (AvgIpc) is 2.85. The molecule has 4 unspecified atom stereocenters. The van der Waals surface area contributed by atoms with Crippen LogP contribution >= 0.6 is 0 Å². The minimum atomic E-state index is -4.55. The Balaban J connectivity index is 2.05. The molecule has 6 heteroatoms. The van der Waals surface area contributed by atoms with Gasteiger partial charge in [0.05, 0.1) is 11.2 Å². The molecule has 134 valence electrons. The predicted octanol–water partition coefficient (Wildman–Crippen LogP) is 3.60. The standard InChI is InChI=1S/C18H24F3NO2/c1-22(2)10-16-12-4-3-11(5-12)9-17(16,24)13-6-14(18(19,20)21)8-15(23)7-13/h6-8,11-12,16,23-24H,3-5,9-10H2,1-2H3. The van der Waals surface area contributed by atoms with Gasteiger partial charge in [-0.15, -0.1) is 0 Å². The first kappa shape index (κ1) is 17.5. The lowest BCUT2D eigenvalue weighted by Gasteiger charge is -2.45. The van der Waals surface area contributed by atoms with E-state index in [0.29, 0.717) is 30.9 Å². The minimum Gasteiger partial charge on any atom is -0.508 e. The maximum absolute atomic E-state index is 13.1. The Morgan fingerprint density at radius 1 is 1.21 bits per heavy atom. The molecule has 0 heterocycles. The Labute approximate surface area is 140 Å². The molecular weight excluding hydrogens is 319 g/mol. The average molecular weight is 343 g/mol. The maximum atomic E-state index is 13.1. The highest BCUT2D eigenvalue weighted by Gasteiger charge is 2.51. The molecule has 4 atom stereocenters. The van der Waals surface area contributed by atoms with Crippen LogP contribution in [0.1, 0.15) is 36.8 Å². The second-order valence-electron chi connectivity index (χ2n) is 7.70. The molecule has 1 aromatic carbocycles. The number of aliphatic hydroxyl groups is 1. The van der Waals surface area contributed by atoms with Crippen LogP contribution in [0.15, 0.2) is 18.2 Å². The monoisotopic (exact) mass is 343 g/mol. The van der Waals surface area contributed by atoms with Gasteiger partial charge in [-0.3, -0.25) is 0 Å². The molecule has 0 aliphatic heterocycles. The Morgan fingerprint density at radius 2 is 1.92 bits per heavy atom. The van der Waals surface area contributed by atoms with Crippen LogP contribution < -0.4 is 0 Å². The van der Waals surface area contributed by atoms with Gasteiger partial charge in [-0.2, -0.15) is 13.2 Å². The molecule has 3 nitrogen and oxygen atoms in total. The van der Waals surface area contributed by atoms with Gasteiger partial charge in [0, 0.05) is 12.5 Å². The number of fused-ring (bicyclic) bond motifs is 2. The molecule has 3 rings (SSSR count). The molecule has 0 spiro atoms. The number of halogens is 3. The van der Waals surface area contributed by atoms with Crippen LogP contribution in [0.5, 0.6) is 5.75 Å². The van der Waals surface area contributed by atoms with Crippen molar-refractivity contribution in [1.82, 2.24) is 4.90 Å². The fraction of sp³-hybridized carbons (Fsp3) is 0.667. The number of nitrogens with zero attached hydrogens (tertiary/aromatic N) is 1. The lowest BCUT2D eigenvalue weighted by molar-refractivity contribution is -0.138. The summed E-state index contributed by atoms with van der Waals surface area (Å²) in [5.74, 6) is 0.0758. The van der Waals surface area contributed by atoms with Crippen LogP contribution in [0.4, 0.5) is 13.2 Å². The van der Waals surface area contributed by atoms with Crippen molar-refractivity contribution in [2.75, 3.05) is 20.6 Å². The highest BCUT2D eigenvalue weighted by molar-refractivity contribution is 5.39. The van der Waals surface area contributed by atoms with Gasteiger partial charge >= 0.3 is 6.18 Å². The maximum Gasteiger partial charge on any atom is 0.416 e. The number of hydrogen-bond donors (Lipinski definition) is 2. The number of rotatable bonds is 3. The minimum absolute atomic E-state index is 0.130. The van der Waals surface area contributed by atoms with Crippen LogP contribution in [0.25, 0.3) is 0 Å². The van der Waals surface area contributed by atoms with Gasteiger partial charge < -0.3 is 15.1 Å². The molecule has 0 radical (unpaired) electrons. The molecule has 2 saturated carbocycles. The summed E-state index contributed by atoms with van der Waals surface area (Å²) in [4.78, 5) is 1.97. The first-order valence-corrected chi connectivity index (χ1v) is 8.38. The fourth-order valence-corrected chi connectivity index (χ4v) is 4.70. The van der Waals surface area contributed by atoms with E-state index in [9.17, 15) is 23.4 Å². The van der Waals surface area contributed by atoms with Crippen molar-refractivity contribution in [3.63, 3.8) is 0 Å². The Bertz CT molecular complexity index is 617. The van der Waals surface area contributed by atoms with Gasteiger partial charge in [0.2, 0.25) is 0 Å². The molecule has 0 aromatic heterocycles. The molecule has 0 saturated heterocycles.